The van der Waals surface area contributed by atoms with E-state index < -0.39 is 17.6 Å². The van der Waals surface area contributed by atoms with Crippen molar-refractivity contribution in [1.29, 1.82) is 0 Å². The fourth-order valence-electron chi connectivity index (χ4n) is 2.03. The van der Waals surface area contributed by atoms with Crippen molar-refractivity contribution in [2.45, 2.75) is 12.7 Å². The monoisotopic (exact) mass is 298 g/mol. The minimum atomic E-state index is -4.50. The van der Waals surface area contributed by atoms with Crippen LogP contribution in [0.1, 0.15) is 11.1 Å². The molecule has 1 aromatic rings. The molecule has 0 saturated carbocycles. The van der Waals surface area contributed by atoms with E-state index in [9.17, 15) is 17.6 Å². The maximum absolute atomic E-state index is 13.2. The fraction of sp³-hybridized carbons (Fsp3) is 0.500. The first-order valence-corrected chi connectivity index (χ1v) is 5.75. The van der Waals surface area contributed by atoms with Gasteiger partial charge in [0.2, 0.25) is 0 Å². The Labute approximate surface area is 115 Å². The van der Waals surface area contributed by atoms with Crippen LogP contribution in [0.5, 0.6) is 0 Å². The van der Waals surface area contributed by atoms with Crippen molar-refractivity contribution in [3.63, 3.8) is 0 Å². The van der Waals surface area contributed by atoms with Crippen LogP contribution < -0.4 is 5.32 Å². The Balaban J connectivity index is 0.00000180. The molecule has 1 N–H and O–H groups in total. The highest BCUT2D eigenvalue weighted by atomic mass is 35.5. The van der Waals surface area contributed by atoms with Gasteiger partial charge < -0.3 is 5.32 Å². The van der Waals surface area contributed by atoms with E-state index in [1.54, 1.807) is 0 Å². The summed E-state index contributed by atoms with van der Waals surface area (Å²) in [6, 6.07) is 2.71. The van der Waals surface area contributed by atoms with Crippen molar-refractivity contribution in [2.75, 3.05) is 26.2 Å². The highest BCUT2D eigenvalue weighted by Gasteiger charge is 2.31. The molecule has 0 aliphatic carbocycles. The Morgan fingerprint density at radius 2 is 1.74 bits per heavy atom. The smallest absolute Gasteiger partial charge is 0.314 e. The lowest BCUT2D eigenvalue weighted by molar-refractivity contribution is -0.137. The molecule has 0 radical (unpaired) electrons. The van der Waals surface area contributed by atoms with Gasteiger partial charge in [-0.05, 0) is 23.8 Å². The molecule has 108 valence electrons. The van der Waals surface area contributed by atoms with Crippen LogP contribution in [0.15, 0.2) is 18.2 Å². The maximum atomic E-state index is 13.2. The summed E-state index contributed by atoms with van der Waals surface area (Å²) < 4.78 is 50.8. The average Bonchev–Trinajstić information content (AvgIpc) is 2.28. The number of piperazine rings is 1. The second-order valence-corrected chi connectivity index (χ2v) is 4.37. The molecule has 0 spiro atoms. The van der Waals surface area contributed by atoms with E-state index in [-0.39, 0.29) is 12.4 Å². The van der Waals surface area contributed by atoms with Gasteiger partial charge >= 0.3 is 6.18 Å². The first-order valence-electron chi connectivity index (χ1n) is 5.75. The molecule has 1 aliphatic rings. The number of alkyl halides is 3. The zero-order chi connectivity index (χ0) is 13.2. The molecule has 1 heterocycles. The average molecular weight is 299 g/mol. The third kappa shape index (κ3) is 4.63. The number of halogens is 5. The third-order valence-electron chi connectivity index (χ3n) is 2.90. The van der Waals surface area contributed by atoms with Crippen molar-refractivity contribution in [1.82, 2.24) is 10.2 Å². The van der Waals surface area contributed by atoms with E-state index in [0.717, 1.165) is 38.3 Å². The van der Waals surface area contributed by atoms with Gasteiger partial charge in [0.25, 0.3) is 0 Å². The molecule has 0 bridgehead atoms. The van der Waals surface area contributed by atoms with E-state index in [1.165, 1.54) is 0 Å². The number of hydrogen-bond acceptors (Lipinski definition) is 2. The largest absolute Gasteiger partial charge is 0.416 e. The topological polar surface area (TPSA) is 15.3 Å². The zero-order valence-electron chi connectivity index (χ0n) is 10.1. The van der Waals surface area contributed by atoms with Gasteiger partial charge in [0.1, 0.15) is 5.82 Å². The second kappa shape index (κ2) is 6.54. The van der Waals surface area contributed by atoms with E-state index in [1.807, 2.05) is 4.90 Å². The molecule has 1 aromatic carbocycles. The van der Waals surface area contributed by atoms with E-state index in [0.29, 0.717) is 18.2 Å². The standard InChI is InChI=1S/C12H14F4N2.ClH/c13-11-6-9(5-10(7-11)12(14,15)16)8-18-3-1-17-2-4-18;/h5-7,17H,1-4,8H2;1H. The Morgan fingerprint density at radius 1 is 1.11 bits per heavy atom. The van der Waals surface area contributed by atoms with Crippen molar-refractivity contribution in [3.8, 4) is 0 Å². The number of nitrogens with zero attached hydrogens (tertiary/aromatic N) is 1. The molecular weight excluding hydrogens is 284 g/mol. The zero-order valence-corrected chi connectivity index (χ0v) is 11.0. The molecule has 2 rings (SSSR count). The third-order valence-corrected chi connectivity index (χ3v) is 2.90. The predicted octanol–water partition coefficient (Wildman–Crippen LogP) is 2.67. The van der Waals surface area contributed by atoms with Crippen LogP contribution in [0.3, 0.4) is 0 Å². The number of nitrogens with one attached hydrogen (secondary N) is 1. The normalized spacial score (nSPS) is 17.1. The summed E-state index contributed by atoms with van der Waals surface area (Å²) in [5, 5.41) is 3.15. The number of benzene rings is 1. The summed E-state index contributed by atoms with van der Waals surface area (Å²) in [6.07, 6.45) is -4.50. The first-order chi connectivity index (χ1) is 8.45. The minimum Gasteiger partial charge on any atom is -0.314 e. The summed E-state index contributed by atoms with van der Waals surface area (Å²) in [4.78, 5) is 2.01. The van der Waals surface area contributed by atoms with Gasteiger partial charge in [-0.2, -0.15) is 13.2 Å². The molecule has 0 aromatic heterocycles. The summed E-state index contributed by atoms with van der Waals surface area (Å²) in [6.45, 7) is 3.49. The van der Waals surface area contributed by atoms with Crippen LogP contribution in [0.2, 0.25) is 0 Å². The van der Waals surface area contributed by atoms with Gasteiger partial charge in [-0.25, -0.2) is 4.39 Å². The molecule has 1 saturated heterocycles. The molecule has 7 heteroatoms. The van der Waals surface area contributed by atoms with E-state index in [2.05, 4.69) is 5.32 Å². The van der Waals surface area contributed by atoms with Crippen LogP contribution in [-0.2, 0) is 12.7 Å². The molecule has 2 nitrogen and oxygen atoms in total. The van der Waals surface area contributed by atoms with Crippen LogP contribution in [0.4, 0.5) is 17.6 Å². The molecule has 1 fully saturated rings. The van der Waals surface area contributed by atoms with Crippen molar-refractivity contribution in [3.05, 3.63) is 35.1 Å². The lowest BCUT2D eigenvalue weighted by atomic mass is 10.1. The second-order valence-electron chi connectivity index (χ2n) is 4.37. The Morgan fingerprint density at radius 3 is 2.32 bits per heavy atom. The van der Waals surface area contributed by atoms with Crippen molar-refractivity contribution < 1.29 is 17.6 Å². The predicted molar refractivity (Wildman–Crippen MR) is 66.8 cm³/mol. The summed E-state index contributed by atoms with van der Waals surface area (Å²) >= 11 is 0. The van der Waals surface area contributed by atoms with Crippen LogP contribution in [-0.4, -0.2) is 31.1 Å². The van der Waals surface area contributed by atoms with Crippen LogP contribution in [0, 0.1) is 5.82 Å². The van der Waals surface area contributed by atoms with Gasteiger partial charge in [-0.15, -0.1) is 12.4 Å². The highest BCUT2D eigenvalue weighted by molar-refractivity contribution is 5.85. The Hall–Kier alpha value is -0.850. The van der Waals surface area contributed by atoms with Crippen LogP contribution >= 0.6 is 12.4 Å². The van der Waals surface area contributed by atoms with Crippen molar-refractivity contribution >= 4 is 12.4 Å². The Bertz CT molecular complexity index is 417. The lowest BCUT2D eigenvalue weighted by Crippen LogP contribution is -2.42. The summed E-state index contributed by atoms with van der Waals surface area (Å²) in [7, 11) is 0. The van der Waals surface area contributed by atoms with Gasteiger partial charge in [-0.3, -0.25) is 4.90 Å². The number of rotatable bonds is 2. The first kappa shape index (κ1) is 16.2. The highest BCUT2D eigenvalue weighted by Crippen LogP contribution is 2.30. The quantitative estimate of drug-likeness (QED) is 0.845. The molecular formula is C12H15ClF4N2. The summed E-state index contributed by atoms with van der Waals surface area (Å²) in [5.74, 6) is -0.838. The number of hydrogen-bond donors (Lipinski definition) is 1. The van der Waals surface area contributed by atoms with Gasteiger partial charge in [0, 0.05) is 32.7 Å². The molecule has 19 heavy (non-hydrogen) atoms. The van der Waals surface area contributed by atoms with Gasteiger partial charge in [0.05, 0.1) is 5.56 Å². The molecule has 0 unspecified atom stereocenters. The SMILES string of the molecule is Cl.Fc1cc(CN2CCNCC2)cc(C(F)(F)F)c1. The van der Waals surface area contributed by atoms with Gasteiger partial charge in [-0.1, -0.05) is 0 Å². The van der Waals surface area contributed by atoms with Crippen LogP contribution in [0.25, 0.3) is 0 Å². The summed E-state index contributed by atoms with van der Waals surface area (Å²) in [5.41, 5.74) is -0.558. The maximum Gasteiger partial charge on any atom is 0.416 e. The van der Waals surface area contributed by atoms with E-state index >= 15 is 0 Å². The Kier molecular flexibility index (Phi) is 5.58. The van der Waals surface area contributed by atoms with E-state index in [4.69, 9.17) is 0 Å². The van der Waals surface area contributed by atoms with Gasteiger partial charge in [0.15, 0.2) is 0 Å². The molecule has 0 atom stereocenters. The minimum absolute atomic E-state index is 0. The fourth-order valence-corrected chi connectivity index (χ4v) is 2.03. The van der Waals surface area contributed by atoms with Crippen molar-refractivity contribution in [2.24, 2.45) is 0 Å². The molecule has 0 amide bonds. The lowest BCUT2D eigenvalue weighted by Gasteiger charge is -2.27. The molecule has 1 aliphatic heterocycles.